The molecule has 2 N–H and O–H groups in total. The molecule has 4 rings (SSSR count). The van der Waals surface area contributed by atoms with Gasteiger partial charge in [0.15, 0.2) is 5.16 Å². The Morgan fingerprint density at radius 2 is 2.07 bits per heavy atom. The summed E-state index contributed by atoms with van der Waals surface area (Å²) in [4.78, 5) is 34.4. The quantitative estimate of drug-likeness (QED) is 0.410. The summed E-state index contributed by atoms with van der Waals surface area (Å²) in [6.07, 6.45) is 4.10. The number of H-pyrrole nitrogens is 1. The fraction of sp³-hybridized carbons (Fsp3) is 0.316. The number of fused-ring (bicyclic) bond motifs is 3. The molecule has 0 bridgehead atoms. The molecule has 5 nitrogen and oxygen atoms in total. The van der Waals surface area contributed by atoms with Crippen LogP contribution in [0.15, 0.2) is 39.1 Å². The zero-order valence-electron chi connectivity index (χ0n) is 15.2. The highest BCUT2D eigenvalue weighted by Crippen LogP contribution is 2.34. The van der Waals surface area contributed by atoms with E-state index >= 15 is 0 Å². The molecular formula is C19H17F2N3O2S3. The number of anilines is 1. The second kappa shape index (κ2) is 8.85. The minimum absolute atomic E-state index is 0.00716. The molecule has 0 fully saturated rings. The van der Waals surface area contributed by atoms with E-state index in [0.717, 1.165) is 43.0 Å². The van der Waals surface area contributed by atoms with E-state index in [1.54, 1.807) is 29.5 Å². The number of nitrogens with zero attached hydrogens (tertiary/aromatic N) is 1. The first-order valence-electron chi connectivity index (χ1n) is 9.02. The van der Waals surface area contributed by atoms with Crippen LogP contribution in [-0.4, -0.2) is 27.4 Å². The fourth-order valence-electron chi connectivity index (χ4n) is 3.30. The molecule has 0 atom stereocenters. The number of nitrogens with one attached hydrogen (secondary N) is 2. The van der Waals surface area contributed by atoms with Crippen molar-refractivity contribution in [1.29, 1.82) is 0 Å². The number of carbonyl (C=O) groups is 1. The van der Waals surface area contributed by atoms with Crippen LogP contribution in [-0.2, 0) is 17.6 Å². The molecule has 1 aliphatic carbocycles. The minimum Gasteiger partial charge on any atom is -0.324 e. The standard InChI is InChI=1S/C19H17F2N3O2S3/c20-18(21)29-13-8-4-2-6-11(13)22-14(25)9-27-19-23-16(26)15-10-5-1-3-7-12(10)28-17(15)24-19/h2,4,6,8,18H,1,3,5,7,9H2,(H,22,25)(H,23,24,26). The highest BCUT2D eigenvalue weighted by Gasteiger charge is 2.20. The molecule has 0 aliphatic heterocycles. The molecule has 152 valence electrons. The Kier molecular flexibility index (Phi) is 6.21. The van der Waals surface area contributed by atoms with Crippen LogP contribution in [0, 0.1) is 0 Å². The summed E-state index contributed by atoms with van der Waals surface area (Å²) in [5.74, 6) is -2.92. The highest BCUT2D eigenvalue weighted by atomic mass is 32.2. The second-order valence-corrected chi connectivity index (χ2v) is 9.55. The molecule has 0 saturated carbocycles. The summed E-state index contributed by atoms with van der Waals surface area (Å²) in [7, 11) is 0. The number of aromatic amines is 1. The average Bonchev–Trinajstić information content (AvgIpc) is 3.06. The lowest BCUT2D eigenvalue weighted by atomic mass is 9.97. The molecule has 1 amide bonds. The van der Waals surface area contributed by atoms with E-state index in [9.17, 15) is 18.4 Å². The summed E-state index contributed by atoms with van der Waals surface area (Å²) in [5, 5.41) is 3.70. The van der Waals surface area contributed by atoms with Crippen LogP contribution in [0.2, 0.25) is 0 Å². The molecule has 0 radical (unpaired) electrons. The third-order valence-corrected chi connectivity index (χ3v) is 7.37. The largest absolute Gasteiger partial charge is 0.324 e. The number of hydrogen-bond donors (Lipinski definition) is 2. The van der Waals surface area contributed by atoms with Gasteiger partial charge in [-0.1, -0.05) is 35.7 Å². The molecule has 0 unspecified atom stereocenters. The van der Waals surface area contributed by atoms with Crippen molar-refractivity contribution in [3.63, 3.8) is 0 Å². The van der Waals surface area contributed by atoms with Crippen molar-refractivity contribution in [2.75, 3.05) is 11.1 Å². The van der Waals surface area contributed by atoms with Gasteiger partial charge in [0.05, 0.1) is 16.8 Å². The second-order valence-electron chi connectivity index (χ2n) is 6.47. The van der Waals surface area contributed by atoms with E-state index in [4.69, 9.17) is 0 Å². The number of carbonyl (C=O) groups excluding carboxylic acids is 1. The van der Waals surface area contributed by atoms with Gasteiger partial charge in [-0.25, -0.2) is 4.98 Å². The van der Waals surface area contributed by atoms with Gasteiger partial charge in [0, 0.05) is 9.77 Å². The van der Waals surface area contributed by atoms with E-state index in [1.807, 2.05) is 0 Å². The number of hydrogen-bond acceptors (Lipinski definition) is 6. The Hall–Kier alpha value is -1.91. The van der Waals surface area contributed by atoms with E-state index in [0.29, 0.717) is 37.7 Å². The Labute approximate surface area is 177 Å². The molecule has 3 aromatic rings. The molecule has 10 heteroatoms. The molecule has 2 aromatic heterocycles. The molecule has 1 aromatic carbocycles. The number of amides is 1. The first-order valence-corrected chi connectivity index (χ1v) is 11.7. The van der Waals surface area contributed by atoms with Gasteiger partial charge in [-0.3, -0.25) is 9.59 Å². The van der Waals surface area contributed by atoms with Gasteiger partial charge in [-0.05, 0) is 43.4 Å². The summed E-state index contributed by atoms with van der Waals surface area (Å²) < 4.78 is 25.3. The van der Waals surface area contributed by atoms with Gasteiger partial charge in [-0.2, -0.15) is 8.78 Å². The maximum Gasteiger partial charge on any atom is 0.288 e. The zero-order valence-corrected chi connectivity index (χ0v) is 17.6. The maximum absolute atomic E-state index is 12.7. The van der Waals surface area contributed by atoms with Crippen LogP contribution in [0.25, 0.3) is 10.2 Å². The number of thioether (sulfide) groups is 2. The summed E-state index contributed by atoms with van der Waals surface area (Å²) in [6, 6.07) is 6.42. The Bertz CT molecular complexity index is 1110. The average molecular weight is 454 g/mol. The van der Waals surface area contributed by atoms with Gasteiger partial charge in [-0.15, -0.1) is 11.3 Å². The summed E-state index contributed by atoms with van der Waals surface area (Å²) >= 11 is 3.05. The topological polar surface area (TPSA) is 74.8 Å². The van der Waals surface area contributed by atoms with Gasteiger partial charge in [0.25, 0.3) is 11.3 Å². The van der Waals surface area contributed by atoms with E-state index in [-0.39, 0.29) is 17.2 Å². The lowest BCUT2D eigenvalue weighted by molar-refractivity contribution is -0.113. The van der Waals surface area contributed by atoms with Gasteiger partial charge in [0.2, 0.25) is 5.91 Å². The molecule has 29 heavy (non-hydrogen) atoms. The van der Waals surface area contributed by atoms with Gasteiger partial charge < -0.3 is 10.3 Å². The van der Waals surface area contributed by atoms with Gasteiger partial charge in [0.1, 0.15) is 4.83 Å². The summed E-state index contributed by atoms with van der Waals surface area (Å²) in [5.41, 5.74) is 1.29. The van der Waals surface area contributed by atoms with Crippen LogP contribution in [0.5, 0.6) is 0 Å². The first kappa shape index (κ1) is 20.4. The predicted octanol–water partition coefficient (Wildman–Crippen LogP) is 4.91. The van der Waals surface area contributed by atoms with Crippen LogP contribution >= 0.6 is 34.9 Å². The van der Waals surface area contributed by atoms with Crippen LogP contribution < -0.4 is 10.9 Å². The lowest BCUT2D eigenvalue weighted by Crippen LogP contribution is -2.16. The molecule has 2 heterocycles. The maximum atomic E-state index is 12.7. The Morgan fingerprint density at radius 1 is 1.28 bits per heavy atom. The van der Waals surface area contributed by atoms with Crippen LogP contribution in [0.3, 0.4) is 0 Å². The minimum atomic E-state index is -2.57. The fourth-order valence-corrected chi connectivity index (χ4v) is 5.88. The molecule has 0 spiro atoms. The zero-order chi connectivity index (χ0) is 20.4. The summed E-state index contributed by atoms with van der Waals surface area (Å²) in [6.45, 7) is 0. The van der Waals surface area contributed by atoms with Crippen molar-refractivity contribution < 1.29 is 13.6 Å². The number of para-hydroxylation sites is 1. The number of rotatable bonds is 6. The van der Waals surface area contributed by atoms with Crippen molar-refractivity contribution in [1.82, 2.24) is 9.97 Å². The van der Waals surface area contributed by atoms with E-state index < -0.39 is 5.76 Å². The van der Waals surface area contributed by atoms with Crippen molar-refractivity contribution in [3.05, 3.63) is 45.1 Å². The smallest absolute Gasteiger partial charge is 0.288 e. The monoisotopic (exact) mass is 453 g/mol. The number of thiophene rings is 1. The number of aryl methyl sites for hydroxylation is 2. The molecular weight excluding hydrogens is 436 g/mol. The van der Waals surface area contributed by atoms with Gasteiger partial charge >= 0.3 is 0 Å². The Balaban J connectivity index is 1.46. The first-order chi connectivity index (χ1) is 14.0. The normalized spacial score (nSPS) is 13.6. The predicted molar refractivity (Wildman–Crippen MR) is 115 cm³/mol. The van der Waals surface area contributed by atoms with Crippen molar-refractivity contribution in [2.24, 2.45) is 0 Å². The third kappa shape index (κ3) is 4.65. The number of benzene rings is 1. The van der Waals surface area contributed by atoms with E-state index in [2.05, 4.69) is 15.3 Å². The lowest BCUT2D eigenvalue weighted by Gasteiger charge is -2.10. The van der Waals surface area contributed by atoms with Crippen LogP contribution in [0.4, 0.5) is 14.5 Å². The number of alkyl halides is 2. The van der Waals surface area contributed by atoms with Crippen molar-refractivity contribution in [3.8, 4) is 0 Å². The Morgan fingerprint density at radius 3 is 2.90 bits per heavy atom. The van der Waals surface area contributed by atoms with Crippen molar-refractivity contribution >= 4 is 56.7 Å². The highest BCUT2D eigenvalue weighted by molar-refractivity contribution is 8.00. The molecule has 1 aliphatic rings. The van der Waals surface area contributed by atoms with Crippen LogP contribution in [0.1, 0.15) is 23.3 Å². The number of halogens is 2. The van der Waals surface area contributed by atoms with E-state index in [1.165, 1.54) is 10.9 Å². The van der Waals surface area contributed by atoms with Crippen molar-refractivity contribution in [2.45, 2.75) is 41.5 Å². The third-order valence-electron chi connectivity index (χ3n) is 4.52. The number of aromatic nitrogens is 2. The molecule has 0 saturated heterocycles. The SMILES string of the molecule is O=C(CSc1nc2sc3c(c2c(=O)[nH]1)CCCC3)Nc1ccccc1SC(F)F.